The summed E-state index contributed by atoms with van der Waals surface area (Å²) in [6.45, 7) is 1.86. The highest BCUT2D eigenvalue weighted by Gasteiger charge is 2.40. The van der Waals surface area contributed by atoms with Crippen molar-refractivity contribution in [1.29, 1.82) is 0 Å². The van der Waals surface area contributed by atoms with Gasteiger partial charge < -0.3 is 9.32 Å². The molecule has 3 aliphatic heterocycles. The first-order valence-corrected chi connectivity index (χ1v) is 10.8. The minimum Gasteiger partial charge on any atom is -0.464 e. The Kier molecular flexibility index (Phi) is 4.20. The van der Waals surface area contributed by atoms with Gasteiger partial charge in [0, 0.05) is 41.8 Å². The first kappa shape index (κ1) is 19.4. The van der Waals surface area contributed by atoms with Gasteiger partial charge in [-0.1, -0.05) is 43.3 Å². The number of imide groups is 1. The fourth-order valence-electron chi connectivity index (χ4n) is 4.97. The van der Waals surface area contributed by atoms with E-state index in [0.717, 1.165) is 16.6 Å². The molecule has 3 aliphatic rings. The van der Waals surface area contributed by atoms with E-state index in [4.69, 9.17) is 4.42 Å². The smallest absolute Gasteiger partial charge is 0.261 e. The molecular weight excluding hydrogens is 418 g/mol. The van der Waals surface area contributed by atoms with Crippen molar-refractivity contribution in [2.75, 3.05) is 4.90 Å². The van der Waals surface area contributed by atoms with Crippen molar-refractivity contribution in [3.8, 4) is 0 Å². The van der Waals surface area contributed by atoms with Crippen molar-refractivity contribution < 1.29 is 18.8 Å². The van der Waals surface area contributed by atoms with Crippen molar-refractivity contribution in [2.24, 2.45) is 4.99 Å². The van der Waals surface area contributed by atoms with Gasteiger partial charge in [0.2, 0.25) is 0 Å². The summed E-state index contributed by atoms with van der Waals surface area (Å²) >= 11 is 0. The van der Waals surface area contributed by atoms with Crippen LogP contribution in [0, 0.1) is 0 Å². The molecule has 7 nitrogen and oxygen atoms in total. The van der Waals surface area contributed by atoms with E-state index in [0.29, 0.717) is 35.3 Å². The molecule has 0 fully saturated rings. The van der Waals surface area contributed by atoms with E-state index in [9.17, 15) is 14.4 Å². The Morgan fingerprint density at radius 1 is 1.09 bits per heavy atom. The van der Waals surface area contributed by atoms with E-state index in [-0.39, 0.29) is 23.0 Å². The van der Waals surface area contributed by atoms with E-state index in [1.54, 1.807) is 24.7 Å². The molecule has 1 N–H and O–H groups in total. The molecule has 0 bridgehead atoms. The highest BCUT2D eigenvalue weighted by atomic mass is 16.3. The van der Waals surface area contributed by atoms with E-state index in [1.807, 2.05) is 48.2 Å². The molecule has 1 atom stereocenters. The number of nitrogens with one attached hydrogen (secondary N) is 1. The number of fused-ring (bicyclic) bond motifs is 1. The number of rotatable bonds is 4. The molecule has 0 spiro atoms. The molecule has 0 aliphatic carbocycles. The minimum atomic E-state index is -0.504. The van der Waals surface area contributed by atoms with Crippen LogP contribution in [0.2, 0.25) is 0 Å². The van der Waals surface area contributed by atoms with Crippen LogP contribution in [0.3, 0.4) is 0 Å². The Morgan fingerprint density at radius 2 is 1.88 bits per heavy atom. The topological polar surface area (TPSA) is 92.0 Å². The van der Waals surface area contributed by atoms with Gasteiger partial charge in [-0.3, -0.25) is 24.7 Å². The number of anilines is 1. The number of carbonyl (C=O) groups excluding carboxylic acids is 3. The molecule has 1 aromatic heterocycles. The molecule has 3 aromatic rings. The number of benzene rings is 2. The summed E-state index contributed by atoms with van der Waals surface area (Å²) < 4.78 is 5.65. The van der Waals surface area contributed by atoms with Gasteiger partial charge in [-0.25, -0.2) is 0 Å². The van der Waals surface area contributed by atoms with Gasteiger partial charge in [0.15, 0.2) is 5.78 Å². The van der Waals surface area contributed by atoms with Gasteiger partial charge in [-0.2, -0.15) is 0 Å². The number of Topliss-reactive ketones (excluding diaryl/α,β-unsaturated/α-hetero) is 1. The number of hydrogen-bond acceptors (Lipinski definition) is 6. The summed E-state index contributed by atoms with van der Waals surface area (Å²) in [6, 6.07) is 12.8. The molecule has 2 amide bonds. The third-order valence-electron chi connectivity index (χ3n) is 6.45. The van der Waals surface area contributed by atoms with Crippen molar-refractivity contribution in [3.05, 3.63) is 83.4 Å². The number of carbonyl (C=O) groups is 3. The number of amides is 2. The van der Waals surface area contributed by atoms with Crippen molar-refractivity contribution in [3.63, 3.8) is 0 Å². The van der Waals surface area contributed by atoms with Gasteiger partial charge in [-0.05, 0) is 11.6 Å². The van der Waals surface area contributed by atoms with E-state index in [2.05, 4.69) is 10.3 Å². The fourth-order valence-corrected chi connectivity index (χ4v) is 4.97. The Balaban J connectivity index is 1.59. The van der Waals surface area contributed by atoms with Crippen molar-refractivity contribution in [2.45, 2.75) is 25.8 Å². The second kappa shape index (κ2) is 7.13. The van der Waals surface area contributed by atoms with Gasteiger partial charge in [0.05, 0.1) is 34.9 Å². The lowest BCUT2D eigenvalue weighted by atomic mass is 9.92. The second-order valence-electron chi connectivity index (χ2n) is 8.21. The summed E-state index contributed by atoms with van der Waals surface area (Å²) in [7, 11) is 0. The number of furan rings is 1. The maximum absolute atomic E-state index is 13.1. The predicted molar refractivity (Wildman–Crippen MR) is 124 cm³/mol. The van der Waals surface area contributed by atoms with E-state index >= 15 is 0 Å². The third-order valence-corrected chi connectivity index (χ3v) is 6.45. The number of nitrogens with zero attached hydrogens (tertiary/aromatic N) is 2. The van der Waals surface area contributed by atoms with Gasteiger partial charge in [-0.15, -0.1) is 0 Å². The lowest BCUT2D eigenvalue weighted by Crippen LogP contribution is -2.34. The van der Waals surface area contributed by atoms with E-state index < -0.39 is 11.8 Å². The molecule has 0 radical (unpaired) electrons. The first-order valence-electron chi connectivity index (χ1n) is 10.8. The van der Waals surface area contributed by atoms with Crippen LogP contribution in [0.5, 0.6) is 0 Å². The van der Waals surface area contributed by atoms with Gasteiger partial charge >= 0.3 is 0 Å². The Bertz CT molecular complexity index is 1470. The molecule has 7 heteroatoms. The molecular formula is C26H19N3O4. The average Bonchev–Trinajstić information content (AvgIpc) is 3.48. The molecule has 162 valence electrons. The van der Waals surface area contributed by atoms with Crippen molar-refractivity contribution in [1.82, 2.24) is 5.32 Å². The van der Waals surface area contributed by atoms with Gasteiger partial charge in [0.1, 0.15) is 5.58 Å². The number of aliphatic imine (C=N–C) groups is 1. The molecule has 1 unspecified atom stereocenters. The van der Waals surface area contributed by atoms with Gasteiger partial charge in [0.25, 0.3) is 11.8 Å². The summed E-state index contributed by atoms with van der Waals surface area (Å²) in [5, 5.41) is 3.27. The zero-order valence-corrected chi connectivity index (χ0v) is 17.8. The van der Waals surface area contributed by atoms with Crippen LogP contribution in [-0.2, 0) is 20.8 Å². The first-order chi connectivity index (χ1) is 16.1. The van der Waals surface area contributed by atoms with Crippen LogP contribution < -0.4 is 10.2 Å². The van der Waals surface area contributed by atoms with Crippen LogP contribution in [0.25, 0.3) is 16.5 Å². The number of ketones is 1. The lowest BCUT2D eigenvalue weighted by Gasteiger charge is -2.23. The number of hydrogen-bond donors (Lipinski definition) is 1. The van der Waals surface area contributed by atoms with Crippen LogP contribution in [-0.4, -0.2) is 29.4 Å². The molecule has 0 saturated carbocycles. The maximum Gasteiger partial charge on any atom is 0.261 e. The quantitative estimate of drug-likeness (QED) is 0.631. The normalized spacial score (nSPS) is 19.1. The Hall–Kier alpha value is -4.26. The van der Waals surface area contributed by atoms with Crippen LogP contribution in [0.4, 0.5) is 5.69 Å². The van der Waals surface area contributed by atoms with E-state index in [1.165, 1.54) is 0 Å². The highest BCUT2D eigenvalue weighted by Crippen LogP contribution is 2.41. The monoisotopic (exact) mass is 437 g/mol. The zero-order valence-electron chi connectivity index (χ0n) is 17.8. The summed E-state index contributed by atoms with van der Waals surface area (Å²) in [5.74, 6) is -0.849. The molecule has 33 heavy (non-hydrogen) atoms. The third kappa shape index (κ3) is 2.75. The van der Waals surface area contributed by atoms with Crippen LogP contribution >= 0.6 is 0 Å². The van der Waals surface area contributed by atoms with Crippen LogP contribution in [0.1, 0.15) is 30.0 Å². The molecule has 4 heterocycles. The SMILES string of the molecule is CCC(=O)C1Cc2cccc3c2N1C=CN=C3C1=C(c2cccc3ccoc23)C(=O)NC1=O. The second-order valence-corrected chi connectivity index (χ2v) is 8.21. The van der Waals surface area contributed by atoms with Crippen molar-refractivity contribution >= 4 is 45.5 Å². The minimum absolute atomic E-state index is 0.142. The van der Waals surface area contributed by atoms with Crippen LogP contribution in [0.15, 0.2) is 76.1 Å². The summed E-state index contributed by atoms with van der Waals surface area (Å²) in [6.07, 6.45) is 5.96. The highest BCUT2D eigenvalue weighted by molar-refractivity contribution is 6.48. The average molecular weight is 437 g/mol. The maximum atomic E-state index is 13.1. The largest absolute Gasteiger partial charge is 0.464 e. The fraction of sp³-hybridized carbons (Fsp3) is 0.154. The zero-order chi connectivity index (χ0) is 22.7. The molecule has 6 rings (SSSR count). The Morgan fingerprint density at radius 3 is 2.73 bits per heavy atom. The standard InChI is InChI=1S/C26H19N3O4/c1-2-19(30)18-13-15-6-4-8-17-22(27-10-11-29(18)23(15)17)21-20(25(31)28-26(21)32)16-7-3-5-14-9-12-33-24(14)16/h3-12,18H,2,13H2,1H3,(H,28,31,32). The predicted octanol–water partition coefficient (Wildman–Crippen LogP) is 3.53. The molecule has 0 saturated heterocycles. The summed E-state index contributed by atoms with van der Waals surface area (Å²) in [4.78, 5) is 45.2. The Labute approximate surface area is 189 Å². The lowest BCUT2D eigenvalue weighted by molar-refractivity contribution is -0.123. The summed E-state index contributed by atoms with van der Waals surface area (Å²) in [5.41, 5.74) is 4.49. The molecule has 2 aromatic carbocycles. The number of para-hydroxylation sites is 2.